The first-order valence-corrected chi connectivity index (χ1v) is 6.64. The molecule has 4 nitrogen and oxygen atoms in total. The topological polar surface area (TPSA) is 54.9 Å². The fraction of sp³-hybridized carbons (Fsp3) is 0.0588. The smallest absolute Gasteiger partial charge is 0.306 e. The van der Waals surface area contributed by atoms with Gasteiger partial charge in [-0.2, -0.15) is 0 Å². The summed E-state index contributed by atoms with van der Waals surface area (Å²) in [7, 11) is 0. The maximum absolute atomic E-state index is 14.3. The lowest BCUT2D eigenvalue weighted by Crippen LogP contribution is -2.35. The predicted molar refractivity (Wildman–Crippen MR) is 82.8 cm³/mol. The highest BCUT2D eigenvalue weighted by molar-refractivity contribution is 5.78. The van der Waals surface area contributed by atoms with E-state index < -0.39 is 28.6 Å². The van der Waals surface area contributed by atoms with Gasteiger partial charge in [0.2, 0.25) is 0 Å². The van der Waals surface area contributed by atoms with Crippen LogP contribution in [0.3, 0.4) is 0 Å². The van der Waals surface area contributed by atoms with E-state index in [1.54, 1.807) is 19.1 Å². The van der Waals surface area contributed by atoms with Crippen LogP contribution in [-0.4, -0.2) is 9.55 Å². The van der Waals surface area contributed by atoms with Gasteiger partial charge in [-0.25, -0.2) is 18.1 Å². The summed E-state index contributed by atoms with van der Waals surface area (Å²) in [5, 5.41) is 0.139. The maximum Gasteiger partial charge on any atom is 0.333 e. The Morgan fingerprint density at radius 3 is 2.61 bits per heavy atom. The van der Waals surface area contributed by atoms with Gasteiger partial charge in [-0.3, -0.25) is 4.79 Å². The van der Waals surface area contributed by atoms with Crippen molar-refractivity contribution in [2.24, 2.45) is 0 Å². The number of rotatable bonds is 1. The number of aryl methyl sites for hydroxylation is 1. The molecule has 0 aliphatic heterocycles. The quantitative estimate of drug-likeness (QED) is 0.701. The monoisotopic (exact) mass is 312 g/mol. The third-order valence-electron chi connectivity index (χ3n) is 3.50. The van der Waals surface area contributed by atoms with Crippen LogP contribution in [0.5, 0.6) is 0 Å². The molecule has 114 valence electrons. The third-order valence-corrected chi connectivity index (χ3v) is 3.50. The van der Waals surface area contributed by atoms with Crippen molar-refractivity contribution in [3.05, 3.63) is 73.9 Å². The molecule has 0 bridgehead atoms. The van der Waals surface area contributed by atoms with Crippen LogP contribution in [0.1, 0.15) is 11.1 Å². The van der Waals surface area contributed by atoms with Crippen LogP contribution in [0.15, 0.2) is 39.9 Å². The highest BCUT2D eigenvalue weighted by Crippen LogP contribution is 2.19. The number of H-pyrrole nitrogens is 1. The summed E-state index contributed by atoms with van der Waals surface area (Å²) in [5.41, 5.74) is -1.66. The molecule has 1 N–H and O–H groups in total. The zero-order valence-electron chi connectivity index (χ0n) is 12.0. The Hall–Kier alpha value is -3.20. The Morgan fingerprint density at radius 1 is 1.17 bits per heavy atom. The summed E-state index contributed by atoms with van der Waals surface area (Å²) in [6.07, 6.45) is 5.15. The second kappa shape index (κ2) is 5.21. The lowest BCUT2D eigenvalue weighted by Gasteiger charge is -2.10. The first-order valence-electron chi connectivity index (χ1n) is 6.64. The normalized spacial score (nSPS) is 10.7. The van der Waals surface area contributed by atoms with Gasteiger partial charge < -0.3 is 4.98 Å². The Kier molecular flexibility index (Phi) is 3.34. The average Bonchev–Trinajstić information content (AvgIpc) is 2.50. The minimum atomic E-state index is -1.13. The first kappa shape index (κ1) is 14.7. The van der Waals surface area contributed by atoms with Crippen molar-refractivity contribution in [3.63, 3.8) is 0 Å². The number of hydrogen-bond acceptors (Lipinski definition) is 2. The van der Waals surface area contributed by atoms with E-state index in [0.29, 0.717) is 10.1 Å². The van der Waals surface area contributed by atoms with Crippen molar-refractivity contribution in [2.45, 2.75) is 6.92 Å². The summed E-state index contributed by atoms with van der Waals surface area (Å²) in [6.45, 7) is 1.79. The van der Waals surface area contributed by atoms with Crippen molar-refractivity contribution in [2.75, 3.05) is 0 Å². The number of nitrogens with zero attached hydrogens (tertiary/aromatic N) is 1. The van der Waals surface area contributed by atoms with E-state index >= 15 is 0 Å². The number of terminal acetylenes is 1. The minimum Gasteiger partial charge on any atom is -0.306 e. The predicted octanol–water partition coefficient (Wildman–Crippen LogP) is 2.25. The maximum atomic E-state index is 14.3. The molecule has 0 atom stereocenters. The summed E-state index contributed by atoms with van der Waals surface area (Å²) in [6, 6.07) is 6.74. The standard InChI is InChI=1S/C17H10F2N2O2/c1-3-10-5-7-12(18)15(14(10)19)21-16(22)11-6-4-9(2)8-13(11)20-17(21)23/h1,4-8H,2H3,(H,20,23). The highest BCUT2D eigenvalue weighted by Gasteiger charge is 2.19. The number of nitrogens with one attached hydrogen (secondary N) is 1. The summed E-state index contributed by atoms with van der Waals surface area (Å²) in [4.78, 5) is 27.2. The zero-order valence-corrected chi connectivity index (χ0v) is 12.0. The third kappa shape index (κ3) is 2.23. The molecule has 1 heterocycles. The van der Waals surface area contributed by atoms with Gasteiger partial charge in [-0.1, -0.05) is 12.0 Å². The lowest BCUT2D eigenvalue weighted by atomic mass is 10.1. The Bertz CT molecular complexity index is 1100. The molecule has 0 saturated heterocycles. The van der Waals surface area contributed by atoms with E-state index in [4.69, 9.17) is 6.42 Å². The molecule has 0 radical (unpaired) electrons. The molecule has 0 fully saturated rings. The SMILES string of the molecule is C#Cc1ccc(F)c(-n2c(=O)[nH]c3cc(C)ccc3c2=O)c1F. The molecule has 0 unspecified atom stereocenters. The largest absolute Gasteiger partial charge is 0.333 e. The van der Waals surface area contributed by atoms with Crippen molar-refractivity contribution >= 4 is 10.9 Å². The molecule has 3 aromatic rings. The average molecular weight is 312 g/mol. The van der Waals surface area contributed by atoms with Crippen molar-refractivity contribution in [1.82, 2.24) is 9.55 Å². The minimum absolute atomic E-state index is 0.139. The van der Waals surface area contributed by atoms with Crippen LogP contribution in [0.4, 0.5) is 8.78 Å². The fourth-order valence-electron chi connectivity index (χ4n) is 2.39. The second-order valence-corrected chi connectivity index (χ2v) is 5.02. The molecule has 0 aliphatic rings. The van der Waals surface area contributed by atoms with Gasteiger partial charge in [0.25, 0.3) is 5.56 Å². The zero-order chi connectivity index (χ0) is 16.7. The fourth-order valence-corrected chi connectivity index (χ4v) is 2.39. The lowest BCUT2D eigenvalue weighted by molar-refractivity contribution is 0.561. The molecule has 2 aromatic carbocycles. The molecule has 0 aliphatic carbocycles. The van der Waals surface area contributed by atoms with Crippen molar-refractivity contribution < 1.29 is 8.78 Å². The van der Waals surface area contributed by atoms with Gasteiger partial charge in [0.15, 0.2) is 11.6 Å². The van der Waals surface area contributed by atoms with E-state index in [9.17, 15) is 18.4 Å². The van der Waals surface area contributed by atoms with Gasteiger partial charge in [0, 0.05) is 0 Å². The molecule has 6 heteroatoms. The molecule has 3 rings (SSSR count). The summed E-state index contributed by atoms with van der Waals surface area (Å²) < 4.78 is 28.8. The van der Waals surface area contributed by atoms with E-state index in [0.717, 1.165) is 17.7 Å². The number of aromatic amines is 1. The highest BCUT2D eigenvalue weighted by atomic mass is 19.1. The van der Waals surface area contributed by atoms with Gasteiger partial charge in [0.1, 0.15) is 5.69 Å². The van der Waals surface area contributed by atoms with E-state index in [2.05, 4.69) is 4.98 Å². The Labute approximate surface area is 129 Å². The molecule has 0 amide bonds. The number of aromatic nitrogens is 2. The number of benzene rings is 2. The van der Waals surface area contributed by atoms with Crippen LogP contribution in [0, 0.1) is 30.9 Å². The van der Waals surface area contributed by atoms with Gasteiger partial charge >= 0.3 is 5.69 Å². The Balaban J connectivity index is 2.48. The van der Waals surface area contributed by atoms with Crippen LogP contribution in [-0.2, 0) is 0 Å². The molecule has 0 spiro atoms. The summed E-state index contributed by atoms with van der Waals surface area (Å²) in [5.74, 6) is -0.141. The van der Waals surface area contributed by atoms with Gasteiger partial charge in [0.05, 0.1) is 16.5 Å². The number of halogens is 2. The van der Waals surface area contributed by atoms with E-state index in [-0.39, 0.29) is 10.9 Å². The van der Waals surface area contributed by atoms with Gasteiger partial charge in [-0.05, 0) is 36.8 Å². The van der Waals surface area contributed by atoms with Crippen LogP contribution < -0.4 is 11.2 Å². The second-order valence-electron chi connectivity index (χ2n) is 5.02. The van der Waals surface area contributed by atoms with E-state index in [1.165, 1.54) is 6.07 Å². The Morgan fingerprint density at radius 2 is 1.91 bits per heavy atom. The van der Waals surface area contributed by atoms with Crippen LogP contribution in [0.25, 0.3) is 16.6 Å². The van der Waals surface area contributed by atoms with Crippen molar-refractivity contribution in [1.29, 1.82) is 0 Å². The van der Waals surface area contributed by atoms with Crippen molar-refractivity contribution in [3.8, 4) is 18.0 Å². The summed E-state index contributed by atoms with van der Waals surface area (Å²) >= 11 is 0. The molecule has 23 heavy (non-hydrogen) atoms. The van der Waals surface area contributed by atoms with Crippen LogP contribution >= 0.6 is 0 Å². The molecular formula is C17H10F2N2O2. The van der Waals surface area contributed by atoms with Gasteiger partial charge in [-0.15, -0.1) is 6.42 Å². The molecule has 0 saturated carbocycles. The first-order chi connectivity index (χ1) is 10.9. The number of hydrogen-bond donors (Lipinski definition) is 1. The molecule has 1 aromatic heterocycles. The van der Waals surface area contributed by atoms with E-state index in [1.807, 2.05) is 5.92 Å². The van der Waals surface area contributed by atoms with Crippen LogP contribution in [0.2, 0.25) is 0 Å². The number of fused-ring (bicyclic) bond motifs is 1. The molecular weight excluding hydrogens is 302 g/mol.